The molecule has 3 aromatic rings. The lowest BCUT2D eigenvalue weighted by Gasteiger charge is -2.08. The first-order chi connectivity index (χ1) is 12.1. The zero-order valence-corrected chi connectivity index (χ0v) is 13.0. The van der Waals surface area contributed by atoms with Gasteiger partial charge in [-0.1, -0.05) is 0 Å². The zero-order valence-electron chi connectivity index (χ0n) is 13.0. The van der Waals surface area contributed by atoms with Gasteiger partial charge in [-0.3, -0.25) is 4.79 Å². The molecule has 2 aromatic heterocycles. The van der Waals surface area contributed by atoms with E-state index >= 15 is 0 Å². The lowest BCUT2D eigenvalue weighted by atomic mass is 10.2. The van der Waals surface area contributed by atoms with Crippen LogP contribution < -0.4 is 10.6 Å². The number of anilines is 1. The summed E-state index contributed by atoms with van der Waals surface area (Å²) in [6, 6.07) is 8.06. The highest BCUT2D eigenvalue weighted by Gasteiger charge is 2.11. The normalized spacial score (nSPS) is 10.5. The molecule has 0 spiro atoms. The number of aromatic nitrogens is 4. The number of nitrogens with zero attached hydrogens (tertiary/aromatic N) is 4. The summed E-state index contributed by atoms with van der Waals surface area (Å²) >= 11 is 0. The molecule has 128 valence electrons. The molecular weight excluding hydrogens is 330 g/mol. The van der Waals surface area contributed by atoms with Crippen LogP contribution in [0.4, 0.5) is 14.6 Å². The van der Waals surface area contributed by atoms with Crippen molar-refractivity contribution in [1.82, 2.24) is 25.3 Å². The van der Waals surface area contributed by atoms with E-state index in [0.717, 1.165) is 12.1 Å². The zero-order chi connectivity index (χ0) is 17.6. The van der Waals surface area contributed by atoms with Crippen molar-refractivity contribution in [1.29, 1.82) is 0 Å². The van der Waals surface area contributed by atoms with Crippen molar-refractivity contribution in [2.75, 3.05) is 18.4 Å². The van der Waals surface area contributed by atoms with Gasteiger partial charge in [-0.15, -0.1) is 10.2 Å². The van der Waals surface area contributed by atoms with E-state index in [2.05, 4.69) is 25.9 Å². The Morgan fingerprint density at radius 3 is 2.68 bits per heavy atom. The standard InChI is InChI=1S/C16H14F2N6O/c17-11-2-3-12(13(18)10-11)16(25)20-8-7-19-14-4-5-15(23-22-14)24-9-1-6-21-24/h1-6,9-10H,7-8H2,(H,19,22)(H,20,25). The molecule has 2 heterocycles. The highest BCUT2D eigenvalue weighted by molar-refractivity contribution is 5.94. The van der Waals surface area contributed by atoms with Crippen LogP contribution in [0.1, 0.15) is 10.4 Å². The number of hydrogen-bond acceptors (Lipinski definition) is 5. The van der Waals surface area contributed by atoms with Crippen LogP contribution in [0.15, 0.2) is 48.8 Å². The highest BCUT2D eigenvalue weighted by Crippen LogP contribution is 2.09. The molecule has 0 radical (unpaired) electrons. The maximum atomic E-state index is 13.5. The Labute approximate surface area is 141 Å². The highest BCUT2D eigenvalue weighted by atomic mass is 19.1. The second-order valence-electron chi connectivity index (χ2n) is 5.03. The summed E-state index contributed by atoms with van der Waals surface area (Å²) < 4.78 is 27.9. The SMILES string of the molecule is O=C(NCCNc1ccc(-n2cccn2)nn1)c1ccc(F)cc1F. The van der Waals surface area contributed by atoms with Crippen LogP contribution in [-0.4, -0.2) is 39.0 Å². The Kier molecular flexibility index (Phi) is 4.93. The smallest absolute Gasteiger partial charge is 0.254 e. The van der Waals surface area contributed by atoms with Gasteiger partial charge in [0.1, 0.15) is 17.5 Å². The Morgan fingerprint density at radius 1 is 1.12 bits per heavy atom. The van der Waals surface area contributed by atoms with Crippen molar-refractivity contribution in [3.63, 3.8) is 0 Å². The molecule has 0 aliphatic carbocycles. The van der Waals surface area contributed by atoms with Crippen LogP contribution in [0.5, 0.6) is 0 Å². The van der Waals surface area contributed by atoms with Gasteiger partial charge in [0.25, 0.3) is 5.91 Å². The molecule has 3 rings (SSSR count). The molecule has 7 nitrogen and oxygen atoms in total. The first-order valence-electron chi connectivity index (χ1n) is 7.44. The maximum absolute atomic E-state index is 13.5. The third-order valence-electron chi connectivity index (χ3n) is 3.28. The quantitative estimate of drug-likeness (QED) is 0.666. The molecule has 0 unspecified atom stereocenters. The number of halogens is 2. The summed E-state index contributed by atoms with van der Waals surface area (Å²) in [5.41, 5.74) is -0.204. The van der Waals surface area contributed by atoms with Crippen molar-refractivity contribution in [2.24, 2.45) is 0 Å². The molecule has 0 saturated heterocycles. The molecule has 1 aromatic carbocycles. The second-order valence-corrected chi connectivity index (χ2v) is 5.03. The summed E-state index contributed by atoms with van der Waals surface area (Å²) in [6.07, 6.45) is 3.39. The van der Waals surface area contributed by atoms with Gasteiger partial charge in [-0.05, 0) is 30.3 Å². The second kappa shape index (κ2) is 7.47. The molecule has 0 fully saturated rings. The van der Waals surface area contributed by atoms with E-state index in [1.165, 1.54) is 0 Å². The van der Waals surface area contributed by atoms with Crippen LogP contribution >= 0.6 is 0 Å². The molecule has 0 atom stereocenters. The number of rotatable bonds is 6. The van der Waals surface area contributed by atoms with Crippen LogP contribution in [0, 0.1) is 11.6 Å². The number of hydrogen-bond donors (Lipinski definition) is 2. The Balaban J connectivity index is 1.47. The number of carbonyl (C=O) groups is 1. The molecule has 0 aliphatic rings. The average Bonchev–Trinajstić information content (AvgIpc) is 3.13. The average molecular weight is 344 g/mol. The molecule has 0 bridgehead atoms. The van der Waals surface area contributed by atoms with Crippen LogP contribution in [-0.2, 0) is 0 Å². The third-order valence-corrected chi connectivity index (χ3v) is 3.28. The van der Waals surface area contributed by atoms with E-state index in [-0.39, 0.29) is 12.1 Å². The van der Waals surface area contributed by atoms with E-state index in [1.54, 1.807) is 35.3 Å². The minimum absolute atomic E-state index is 0.204. The van der Waals surface area contributed by atoms with Gasteiger partial charge in [0.05, 0.1) is 5.56 Å². The van der Waals surface area contributed by atoms with Gasteiger partial charge in [0.15, 0.2) is 5.82 Å². The van der Waals surface area contributed by atoms with Gasteiger partial charge in [-0.25, -0.2) is 13.5 Å². The molecular formula is C16H14F2N6O. The van der Waals surface area contributed by atoms with Gasteiger partial charge < -0.3 is 10.6 Å². The lowest BCUT2D eigenvalue weighted by molar-refractivity contribution is 0.0951. The van der Waals surface area contributed by atoms with Gasteiger partial charge >= 0.3 is 0 Å². The van der Waals surface area contributed by atoms with E-state index in [1.807, 2.05) is 0 Å². The summed E-state index contributed by atoms with van der Waals surface area (Å²) in [6.45, 7) is 0.600. The minimum atomic E-state index is -0.898. The first-order valence-corrected chi connectivity index (χ1v) is 7.44. The van der Waals surface area contributed by atoms with Crippen LogP contribution in [0.3, 0.4) is 0 Å². The van der Waals surface area contributed by atoms with E-state index in [9.17, 15) is 13.6 Å². The maximum Gasteiger partial charge on any atom is 0.254 e. The summed E-state index contributed by atoms with van der Waals surface area (Å²) in [4.78, 5) is 11.8. The predicted molar refractivity (Wildman–Crippen MR) is 86.3 cm³/mol. The number of benzene rings is 1. The van der Waals surface area contributed by atoms with Gasteiger partial charge in [0.2, 0.25) is 0 Å². The fourth-order valence-electron chi connectivity index (χ4n) is 2.08. The van der Waals surface area contributed by atoms with Crippen molar-refractivity contribution < 1.29 is 13.6 Å². The summed E-state index contributed by atoms with van der Waals surface area (Å²) in [5.74, 6) is -1.13. The minimum Gasteiger partial charge on any atom is -0.367 e. The Bertz CT molecular complexity index is 852. The number of carbonyl (C=O) groups excluding carboxylic acids is 1. The molecule has 2 N–H and O–H groups in total. The number of nitrogens with one attached hydrogen (secondary N) is 2. The van der Waals surface area contributed by atoms with Crippen molar-refractivity contribution >= 4 is 11.7 Å². The Morgan fingerprint density at radius 2 is 2.00 bits per heavy atom. The van der Waals surface area contributed by atoms with Gasteiger partial charge in [0, 0.05) is 31.5 Å². The number of amides is 1. The fourth-order valence-corrected chi connectivity index (χ4v) is 2.08. The lowest BCUT2D eigenvalue weighted by Crippen LogP contribution is -2.29. The van der Waals surface area contributed by atoms with E-state index in [4.69, 9.17) is 0 Å². The van der Waals surface area contributed by atoms with Crippen molar-refractivity contribution in [2.45, 2.75) is 0 Å². The molecule has 0 aliphatic heterocycles. The molecule has 0 saturated carbocycles. The largest absolute Gasteiger partial charge is 0.367 e. The Hall–Kier alpha value is -3.36. The fraction of sp³-hybridized carbons (Fsp3) is 0.125. The monoisotopic (exact) mass is 344 g/mol. The van der Waals surface area contributed by atoms with Crippen LogP contribution in [0.25, 0.3) is 5.82 Å². The van der Waals surface area contributed by atoms with E-state index < -0.39 is 17.5 Å². The summed E-state index contributed by atoms with van der Waals surface area (Å²) in [7, 11) is 0. The summed E-state index contributed by atoms with van der Waals surface area (Å²) in [5, 5.41) is 17.6. The first kappa shape index (κ1) is 16.5. The van der Waals surface area contributed by atoms with Crippen LogP contribution in [0.2, 0.25) is 0 Å². The van der Waals surface area contributed by atoms with Crippen molar-refractivity contribution in [3.05, 3.63) is 66.0 Å². The molecule has 25 heavy (non-hydrogen) atoms. The topological polar surface area (TPSA) is 84.7 Å². The molecule has 9 heteroatoms. The predicted octanol–water partition coefficient (Wildman–Crippen LogP) is 1.78. The van der Waals surface area contributed by atoms with Crippen molar-refractivity contribution in [3.8, 4) is 5.82 Å². The van der Waals surface area contributed by atoms with E-state index in [0.29, 0.717) is 24.2 Å². The molecule has 1 amide bonds. The third kappa shape index (κ3) is 4.14. The van der Waals surface area contributed by atoms with Gasteiger partial charge in [-0.2, -0.15) is 5.10 Å².